The Labute approximate surface area is 159 Å². The van der Waals surface area contributed by atoms with E-state index in [0.29, 0.717) is 13.0 Å². The number of nitrogens with zero attached hydrogens (tertiary/aromatic N) is 2. The number of hydrogen-bond donors (Lipinski definition) is 1. The first kappa shape index (κ1) is 18.5. The van der Waals surface area contributed by atoms with Gasteiger partial charge in [-0.3, -0.25) is 14.9 Å². The molecule has 8 heteroatoms. The van der Waals surface area contributed by atoms with Crippen LogP contribution in [-0.4, -0.2) is 29.5 Å². The van der Waals surface area contributed by atoms with Gasteiger partial charge in [-0.2, -0.15) is 0 Å². The maximum atomic E-state index is 12.2. The van der Waals surface area contributed by atoms with Crippen molar-refractivity contribution in [1.82, 2.24) is 10.3 Å². The zero-order chi connectivity index (χ0) is 19.2. The number of aromatic nitrogens is 1. The summed E-state index contributed by atoms with van der Waals surface area (Å²) in [5.41, 5.74) is 1.70. The summed E-state index contributed by atoms with van der Waals surface area (Å²) in [6.07, 6.45) is 0.541. The summed E-state index contributed by atoms with van der Waals surface area (Å²) in [7, 11) is 1.62. The third kappa shape index (κ3) is 4.48. The number of nitro groups is 1. The molecule has 2 aromatic carbocycles. The monoisotopic (exact) mass is 383 g/mol. The van der Waals surface area contributed by atoms with E-state index in [1.165, 1.54) is 29.5 Å². The molecule has 0 radical (unpaired) electrons. The molecule has 0 aliphatic carbocycles. The summed E-state index contributed by atoms with van der Waals surface area (Å²) in [4.78, 5) is 27.2. The molecule has 3 rings (SSSR count). The zero-order valence-corrected chi connectivity index (χ0v) is 15.4. The van der Waals surface area contributed by atoms with E-state index in [-0.39, 0.29) is 11.3 Å². The maximum absolute atomic E-state index is 12.2. The lowest BCUT2D eigenvalue weighted by molar-refractivity contribution is -0.385. The summed E-state index contributed by atoms with van der Waals surface area (Å²) in [5.74, 6) is 0.321. The highest BCUT2D eigenvalue weighted by Crippen LogP contribution is 2.25. The summed E-state index contributed by atoms with van der Waals surface area (Å²) in [6.45, 7) is 0.344. The Balaban J connectivity index is 1.59. The van der Waals surface area contributed by atoms with Crippen LogP contribution in [0, 0.1) is 10.1 Å². The smallest absolute Gasteiger partial charge is 0.282 e. The van der Waals surface area contributed by atoms with Crippen LogP contribution in [0.1, 0.15) is 16.1 Å². The number of methoxy groups -OCH3 is 1. The van der Waals surface area contributed by atoms with Crippen molar-refractivity contribution in [2.24, 2.45) is 0 Å². The molecule has 0 atom stereocenters. The second kappa shape index (κ2) is 8.41. The van der Waals surface area contributed by atoms with E-state index < -0.39 is 10.8 Å². The number of hydrogen-bond acceptors (Lipinski definition) is 6. The number of nitrogens with one attached hydrogen (secondary N) is 1. The van der Waals surface area contributed by atoms with Gasteiger partial charge in [-0.1, -0.05) is 12.1 Å². The van der Waals surface area contributed by atoms with Gasteiger partial charge in [0.05, 0.1) is 17.7 Å². The second-order valence-corrected chi connectivity index (χ2v) is 6.51. The number of thiazole rings is 1. The van der Waals surface area contributed by atoms with Crippen LogP contribution < -0.4 is 10.1 Å². The van der Waals surface area contributed by atoms with Crippen molar-refractivity contribution in [2.45, 2.75) is 6.42 Å². The molecule has 27 heavy (non-hydrogen) atoms. The highest BCUT2D eigenvalue weighted by atomic mass is 32.1. The third-order valence-electron chi connectivity index (χ3n) is 3.90. The number of benzene rings is 2. The van der Waals surface area contributed by atoms with Crippen molar-refractivity contribution in [2.75, 3.05) is 13.7 Å². The molecule has 7 nitrogen and oxygen atoms in total. The fraction of sp³-hybridized carbons (Fsp3) is 0.158. The van der Waals surface area contributed by atoms with Crippen LogP contribution in [0.5, 0.6) is 5.75 Å². The van der Waals surface area contributed by atoms with Crippen molar-refractivity contribution >= 4 is 22.9 Å². The van der Waals surface area contributed by atoms with Gasteiger partial charge in [0.25, 0.3) is 11.6 Å². The van der Waals surface area contributed by atoms with E-state index in [1.54, 1.807) is 13.2 Å². The molecule has 138 valence electrons. The minimum Gasteiger partial charge on any atom is -0.497 e. The van der Waals surface area contributed by atoms with Gasteiger partial charge in [0.2, 0.25) is 0 Å². The quantitative estimate of drug-likeness (QED) is 0.496. The highest BCUT2D eigenvalue weighted by Gasteiger charge is 2.18. The highest BCUT2D eigenvalue weighted by molar-refractivity contribution is 7.13. The topological polar surface area (TPSA) is 94.4 Å². The fourth-order valence-electron chi connectivity index (χ4n) is 2.51. The van der Waals surface area contributed by atoms with Gasteiger partial charge in [0.15, 0.2) is 0 Å². The van der Waals surface area contributed by atoms with Gasteiger partial charge >= 0.3 is 0 Å². The molecule has 0 aliphatic heterocycles. The van der Waals surface area contributed by atoms with E-state index in [1.807, 2.05) is 29.6 Å². The van der Waals surface area contributed by atoms with Crippen molar-refractivity contribution in [1.29, 1.82) is 0 Å². The average Bonchev–Trinajstić information content (AvgIpc) is 3.17. The minimum atomic E-state index is -0.559. The minimum absolute atomic E-state index is 0.0553. The third-order valence-corrected chi connectivity index (χ3v) is 4.84. The van der Waals surface area contributed by atoms with Gasteiger partial charge in [0, 0.05) is 30.0 Å². The molecule has 0 unspecified atom stereocenters. The fourth-order valence-corrected chi connectivity index (χ4v) is 3.37. The molecule has 0 fully saturated rings. The molecular formula is C19H17N3O4S. The van der Waals surface area contributed by atoms with E-state index >= 15 is 0 Å². The number of rotatable bonds is 7. The number of nitro benzene ring substituents is 1. The van der Waals surface area contributed by atoms with Crippen molar-refractivity contribution < 1.29 is 14.5 Å². The molecule has 0 aliphatic rings. The molecule has 0 spiro atoms. The van der Waals surface area contributed by atoms with Crippen molar-refractivity contribution in [3.8, 4) is 16.3 Å². The molecule has 0 saturated carbocycles. The maximum Gasteiger partial charge on any atom is 0.282 e. The van der Waals surface area contributed by atoms with Crippen LogP contribution in [0.4, 0.5) is 5.69 Å². The van der Waals surface area contributed by atoms with Gasteiger partial charge < -0.3 is 10.1 Å². The molecule has 1 heterocycles. The van der Waals surface area contributed by atoms with E-state index in [0.717, 1.165) is 22.0 Å². The molecular weight excluding hydrogens is 366 g/mol. The normalized spacial score (nSPS) is 10.4. The number of carbonyl (C=O) groups excluding carboxylic acids is 1. The summed E-state index contributed by atoms with van der Waals surface area (Å²) in [6, 6.07) is 13.5. The molecule has 1 amide bonds. The predicted molar refractivity (Wildman–Crippen MR) is 103 cm³/mol. The van der Waals surface area contributed by atoms with Crippen molar-refractivity contribution in [3.05, 3.63) is 75.3 Å². The lowest BCUT2D eigenvalue weighted by Gasteiger charge is -2.04. The van der Waals surface area contributed by atoms with Gasteiger partial charge in [-0.05, 0) is 30.3 Å². The Morgan fingerprint density at radius 1 is 1.22 bits per heavy atom. The average molecular weight is 383 g/mol. The van der Waals surface area contributed by atoms with E-state index in [2.05, 4.69) is 10.3 Å². The first-order valence-electron chi connectivity index (χ1n) is 8.19. The first-order valence-corrected chi connectivity index (χ1v) is 9.07. The van der Waals surface area contributed by atoms with Gasteiger partial charge in [0.1, 0.15) is 16.3 Å². The number of carbonyl (C=O) groups is 1. The lowest BCUT2D eigenvalue weighted by atomic mass is 10.1. The molecule has 1 N–H and O–H groups in total. The number of amides is 1. The van der Waals surface area contributed by atoms with Crippen LogP contribution in [0.2, 0.25) is 0 Å². The van der Waals surface area contributed by atoms with E-state index in [9.17, 15) is 14.9 Å². The Morgan fingerprint density at radius 2 is 1.96 bits per heavy atom. The SMILES string of the molecule is COc1ccc(-c2nc(CCNC(=O)c3ccccc3[N+](=O)[O-])cs2)cc1. The number of ether oxygens (including phenoxy) is 1. The molecule has 0 saturated heterocycles. The van der Waals surface area contributed by atoms with Gasteiger partial charge in [-0.25, -0.2) is 4.98 Å². The van der Waals surface area contributed by atoms with Crippen LogP contribution in [0.25, 0.3) is 10.6 Å². The van der Waals surface area contributed by atoms with Crippen molar-refractivity contribution in [3.63, 3.8) is 0 Å². The Kier molecular flexibility index (Phi) is 5.77. The summed E-state index contributed by atoms with van der Waals surface area (Å²) < 4.78 is 5.15. The summed E-state index contributed by atoms with van der Waals surface area (Å²) in [5, 5.41) is 16.5. The molecule has 3 aromatic rings. The Hall–Kier alpha value is -3.26. The molecule has 0 bridgehead atoms. The Bertz CT molecular complexity index is 954. The Morgan fingerprint density at radius 3 is 2.67 bits per heavy atom. The largest absolute Gasteiger partial charge is 0.497 e. The van der Waals surface area contributed by atoms with Crippen LogP contribution in [0.15, 0.2) is 53.9 Å². The zero-order valence-electron chi connectivity index (χ0n) is 14.5. The van der Waals surface area contributed by atoms with Crippen LogP contribution in [0.3, 0.4) is 0 Å². The van der Waals surface area contributed by atoms with E-state index in [4.69, 9.17) is 4.74 Å². The predicted octanol–water partition coefficient (Wildman–Crippen LogP) is 3.70. The lowest BCUT2D eigenvalue weighted by Crippen LogP contribution is -2.26. The second-order valence-electron chi connectivity index (χ2n) is 5.65. The first-order chi connectivity index (χ1) is 13.1. The standard InChI is InChI=1S/C19H17N3O4S/c1-26-15-8-6-13(7-9-15)19-21-14(12-27-19)10-11-20-18(23)16-4-2-3-5-17(16)22(24)25/h2-9,12H,10-11H2,1H3,(H,20,23). The summed E-state index contributed by atoms with van der Waals surface area (Å²) >= 11 is 1.52. The van der Waals surface area contributed by atoms with Gasteiger partial charge in [-0.15, -0.1) is 11.3 Å². The van der Waals surface area contributed by atoms with Crippen LogP contribution >= 0.6 is 11.3 Å². The number of para-hydroxylation sites is 1. The molecule has 1 aromatic heterocycles. The van der Waals surface area contributed by atoms with Crippen LogP contribution in [-0.2, 0) is 6.42 Å².